The lowest BCUT2D eigenvalue weighted by Crippen LogP contribution is -2.60. The van der Waals surface area contributed by atoms with Crippen LogP contribution in [0.2, 0.25) is 0 Å². The standard InChI is InChI=1S/C17H22O9/c1-23-10-6-9(4-3-5-18)7-11(24-2)16(10)26-17-15(22)14(21)13(20)12(8-19)25-17/h3-7,12-15,17,19-22H,8H2,1-2H3/t12-,13-,14+,15-,17-/m1/s1. The van der Waals surface area contributed by atoms with Gasteiger partial charge in [0.05, 0.1) is 20.8 Å². The maximum absolute atomic E-state index is 10.5. The highest BCUT2D eigenvalue weighted by Gasteiger charge is 2.45. The van der Waals surface area contributed by atoms with Crippen LogP contribution in [0, 0.1) is 0 Å². The van der Waals surface area contributed by atoms with Crippen LogP contribution >= 0.6 is 0 Å². The smallest absolute Gasteiger partial charge is 0.229 e. The molecular formula is C17H22O9. The molecule has 0 spiro atoms. The van der Waals surface area contributed by atoms with E-state index in [4.69, 9.17) is 18.9 Å². The van der Waals surface area contributed by atoms with E-state index in [1.165, 1.54) is 26.4 Å². The van der Waals surface area contributed by atoms with E-state index in [-0.39, 0.29) is 17.2 Å². The van der Waals surface area contributed by atoms with E-state index in [1.54, 1.807) is 12.1 Å². The van der Waals surface area contributed by atoms with Gasteiger partial charge in [-0.3, -0.25) is 4.79 Å². The summed E-state index contributed by atoms with van der Waals surface area (Å²) >= 11 is 0. The van der Waals surface area contributed by atoms with Gasteiger partial charge in [-0.1, -0.05) is 6.08 Å². The number of aldehydes is 1. The normalized spacial score (nSPS) is 28.8. The Morgan fingerprint density at radius 2 is 1.69 bits per heavy atom. The first-order chi connectivity index (χ1) is 12.5. The average Bonchev–Trinajstić information content (AvgIpc) is 2.66. The predicted molar refractivity (Wildman–Crippen MR) is 89.0 cm³/mol. The van der Waals surface area contributed by atoms with Crippen molar-refractivity contribution in [1.29, 1.82) is 0 Å². The van der Waals surface area contributed by atoms with Crippen molar-refractivity contribution in [2.75, 3.05) is 20.8 Å². The summed E-state index contributed by atoms with van der Waals surface area (Å²) in [5.41, 5.74) is 0.604. The molecule has 0 unspecified atom stereocenters. The van der Waals surface area contributed by atoms with E-state index in [1.807, 2.05) is 0 Å². The zero-order chi connectivity index (χ0) is 19.3. The van der Waals surface area contributed by atoms with Gasteiger partial charge in [-0.05, 0) is 23.8 Å². The second-order valence-corrected chi connectivity index (χ2v) is 5.56. The van der Waals surface area contributed by atoms with E-state index in [0.717, 1.165) is 0 Å². The fourth-order valence-corrected chi connectivity index (χ4v) is 2.54. The van der Waals surface area contributed by atoms with Crippen LogP contribution in [0.3, 0.4) is 0 Å². The number of carbonyl (C=O) groups is 1. The molecular weight excluding hydrogens is 348 g/mol. The molecule has 26 heavy (non-hydrogen) atoms. The fourth-order valence-electron chi connectivity index (χ4n) is 2.54. The van der Waals surface area contributed by atoms with Crippen LogP contribution in [0.4, 0.5) is 0 Å². The lowest BCUT2D eigenvalue weighted by Gasteiger charge is -2.39. The van der Waals surface area contributed by atoms with Gasteiger partial charge < -0.3 is 39.4 Å². The highest BCUT2D eigenvalue weighted by Crippen LogP contribution is 2.40. The zero-order valence-corrected chi connectivity index (χ0v) is 14.3. The van der Waals surface area contributed by atoms with Crippen molar-refractivity contribution in [3.05, 3.63) is 23.8 Å². The van der Waals surface area contributed by atoms with Crippen molar-refractivity contribution in [2.24, 2.45) is 0 Å². The Morgan fingerprint density at radius 1 is 1.08 bits per heavy atom. The van der Waals surface area contributed by atoms with Gasteiger partial charge in [-0.2, -0.15) is 0 Å². The Kier molecular flexibility index (Phi) is 6.95. The molecule has 4 N–H and O–H groups in total. The number of methoxy groups -OCH3 is 2. The van der Waals surface area contributed by atoms with E-state index in [9.17, 15) is 25.2 Å². The molecule has 0 aromatic heterocycles. The second kappa shape index (κ2) is 8.97. The van der Waals surface area contributed by atoms with Gasteiger partial charge in [-0.25, -0.2) is 0 Å². The molecule has 2 rings (SSSR count). The molecule has 0 radical (unpaired) electrons. The molecule has 5 atom stereocenters. The molecule has 1 aliphatic rings. The molecule has 0 bridgehead atoms. The molecule has 0 aliphatic carbocycles. The highest BCUT2D eigenvalue weighted by atomic mass is 16.7. The third-order valence-electron chi connectivity index (χ3n) is 3.93. The van der Waals surface area contributed by atoms with Crippen molar-refractivity contribution in [1.82, 2.24) is 0 Å². The Morgan fingerprint density at radius 3 is 2.19 bits per heavy atom. The number of benzene rings is 1. The van der Waals surface area contributed by atoms with Gasteiger partial charge >= 0.3 is 0 Å². The molecule has 9 nitrogen and oxygen atoms in total. The van der Waals surface area contributed by atoms with Crippen LogP contribution in [-0.4, -0.2) is 78.2 Å². The summed E-state index contributed by atoms with van der Waals surface area (Å²) in [5, 5.41) is 39.0. The lowest BCUT2D eigenvalue weighted by atomic mass is 9.99. The Labute approximate surface area is 150 Å². The van der Waals surface area contributed by atoms with Crippen LogP contribution in [0.25, 0.3) is 6.08 Å². The number of hydrogen-bond acceptors (Lipinski definition) is 9. The summed E-state index contributed by atoms with van der Waals surface area (Å²) in [6.45, 7) is -0.575. The maximum atomic E-state index is 10.5. The van der Waals surface area contributed by atoms with Crippen molar-refractivity contribution in [3.63, 3.8) is 0 Å². The van der Waals surface area contributed by atoms with Crippen LogP contribution in [0.15, 0.2) is 18.2 Å². The largest absolute Gasteiger partial charge is 0.493 e. The molecule has 1 aromatic rings. The Balaban J connectivity index is 2.35. The molecule has 0 amide bonds. The third-order valence-corrected chi connectivity index (χ3v) is 3.93. The van der Waals surface area contributed by atoms with Crippen molar-refractivity contribution >= 4 is 12.4 Å². The van der Waals surface area contributed by atoms with Gasteiger partial charge in [-0.15, -0.1) is 0 Å². The summed E-state index contributed by atoms with van der Waals surface area (Å²) < 4.78 is 21.5. The quantitative estimate of drug-likeness (QED) is 0.355. The molecule has 1 aromatic carbocycles. The average molecular weight is 370 g/mol. The van der Waals surface area contributed by atoms with E-state index >= 15 is 0 Å². The number of ether oxygens (including phenoxy) is 4. The van der Waals surface area contributed by atoms with Crippen LogP contribution in [0.5, 0.6) is 17.2 Å². The molecule has 1 aliphatic heterocycles. The lowest BCUT2D eigenvalue weighted by molar-refractivity contribution is -0.277. The molecule has 9 heteroatoms. The topological polar surface area (TPSA) is 135 Å². The summed E-state index contributed by atoms with van der Waals surface area (Å²) in [5.74, 6) is 0.543. The SMILES string of the molecule is COc1cc(C=CC=O)cc(OC)c1O[C@H]1O[C@H](CO)[C@@H](O)[C@H](O)[C@H]1O. The van der Waals surface area contributed by atoms with E-state index in [2.05, 4.69) is 0 Å². The first-order valence-electron chi connectivity index (χ1n) is 7.81. The van der Waals surface area contributed by atoms with Crippen LogP contribution < -0.4 is 14.2 Å². The summed E-state index contributed by atoms with van der Waals surface area (Å²) in [6.07, 6.45) is -3.67. The van der Waals surface area contributed by atoms with Crippen molar-refractivity contribution in [2.45, 2.75) is 30.7 Å². The van der Waals surface area contributed by atoms with Crippen molar-refractivity contribution in [3.8, 4) is 17.2 Å². The van der Waals surface area contributed by atoms with Crippen LogP contribution in [0.1, 0.15) is 5.56 Å². The molecule has 1 fully saturated rings. The molecule has 1 saturated heterocycles. The summed E-state index contributed by atoms with van der Waals surface area (Å²) in [7, 11) is 2.78. The third kappa shape index (κ3) is 4.14. The minimum atomic E-state index is -1.57. The van der Waals surface area contributed by atoms with Gasteiger partial charge in [0.15, 0.2) is 11.5 Å². The number of carbonyl (C=O) groups excluding carboxylic acids is 1. The Hall–Kier alpha value is -2.17. The van der Waals surface area contributed by atoms with E-state index < -0.39 is 37.3 Å². The van der Waals surface area contributed by atoms with Gasteiger partial charge in [0.2, 0.25) is 12.0 Å². The molecule has 0 saturated carbocycles. The summed E-state index contributed by atoms with van der Waals surface area (Å²) in [4.78, 5) is 10.5. The minimum absolute atomic E-state index is 0.0857. The number of aliphatic hydroxyl groups excluding tert-OH is 4. The molecule has 144 valence electrons. The summed E-state index contributed by atoms with van der Waals surface area (Å²) in [6, 6.07) is 3.14. The first-order valence-corrected chi connectivity index (χ1v) is 7.81. The van der Waals surface area contributed by atoms with Crippen LogP contribution in [-0.2, 0) is 9.53 Å². The maximum Gasteiger partial charge on any atom is 0.229 e. The van der Waals surface area contributed by atoms with Gasteiger partial charge in [0, 0.05) is 0 Å². The fraction of sp³-hybridized carbons (Fsp3) is 0.471. The van der Waals surface area contributed by atoms with E-state index in [0.29, 0.717) is 11.8 Å². The second-order valence-electron chi connectivity index (χ2n) is 5.56. The molecule has 1 heterocycles. The van der Waals surface area contributed by atoms with Gasteiger partial charge in [0.1, 0.15) is 30.7 Å². The predicted octanol–water partition coefficient (Wildman–Crippen LogP) is -0.905. The number of hydrogen-bond donors (Lipinski definition) is 4. The Bertz CT molecular complexity index is 618. The number of allylic oxidation sites excluding steroid dienone is 1. The minimum Gasteiger partial charge on any atom is -0.493 e. The first kappa shape index (κ1) is 20.1. The monoisotopic (exact) mass is 370 g/mol. The van der Waals surface area contributed by atoms with Crippen molar-refractivity contribution < 1.29 is 44.2 Å². The number of rotatable bonds is 7. The highest BCUT2D eigenvalue weighted by molar-refractivity contribution is 5.75. The zero-order valence-electron chi connectivity index (χ0n) is 14.3. The number of aliphatic hydroxyl groups is 4. The van der Waals surface area contributed by atoms with Gasteiger partial charge in [0.25, 0.3) is 0 Å².